The summed E-state index contributed by atoms with van der Waals surface area (Å²) in [5, 5.41) is 2.91. The quantitative estimate of drug-likeness (QED) is 0.916. The Morgan fingerprint density at radius 3 is 2.84 bits per heavy atom. The standard InChI is InChI=1S/C14H19N3O2/c1-5-10-12(14(18)15-9(2)3)17-8-6-7-11(19-4)13(17)16-10/h6-9H,5H2,1-4H3,(H,15,18). The maximum Gasteiger partial charge on any atom is 0.270 e. The number of pyridine rings is 1. The van der Waals surface area contributed by atoms with E-state index in [2.05, 4.69) is 10.3 Å². The summed E-state index contributed by atoms with van der Waals surface area (Å²) in [4.78, 5) is 16.8. The Bertz CT molecular complexity index is 602. The molecule has 0 bridgehead atoms. The Labute approximate surface area is 112 Å². The molecule has 19 heavy (non-hydrogen) atoms. The Morgan fingerprint density at radius 1 is 1.53 bits per heavy atom. The van der Waals surface area contributed by atoms with Gasteiger partial charge in [0.15, 0.2) is 11.4 Å². The van der Waals surface area contributed by atoms with Crippen LogP contribution in [-0.2, 0) is 6.42 Å². The Balaban J connectivity index is 2.61. The van der Waals surface area contributed by atoms with Crippen molar-refractivity contribution in [2.45, 2.75) is 33.2 Å². The van der Waals surface area contributed by atoms with Gasteiger partial charge in [0, 0.05) is 12.2 Å². The Hall–Kier alpha value is -2.04. The van der Waals surface area contributed by atoms with E-state index in [0.717, 1.165) is 5.69 Å². The summed E-state index contributed by atoms with van der Waals surface area (Å²) in [6.07, 6.45) is 2.53. The van der Waals surface area contributed by atoms with Gasteiger partial charge < -0.3 is 10.1 Å². The van der Waals surface area contributed by atoms with Gasteiger partial charge in [-0.25, -0.2) is 4.98 Å². The van der Waals surface area contributed by atoms with Crippen LogP contribution in [0, 0.1) is 0 Å². The first kappa shape index (κ1) is 13.4. The predicted molar refractivity (Wildman–Crippen MR) is 73.7 cm³/mol. The second-order valence-electron chi connectivity index (χ2n) is 4.66. The van der Waals surface area contributed by atoms with E-state index in [9.17, 15) is 4.79 Å². The second-order valence-corrected chi connectivity index (χ2v) is 4.66. The number of rotatable bonds is 4. The zero-order valence-corrected chi connectivity index (χ0v) is 11.7. The third-order valence-electron chi connectivity index (χ3n) is 2.88. The van der Waals surface area contributed by atoms with Gasteiger partial charge in [-0.15, -0.1) is 0 Å². The molecule has 0 aliphatic rings. The van der Waals surface area contributed by atoms with Gasteiger partial charge in [-0.1, -0.05) is 6.92 Å². The van der Waals surface area contributed by atoms with Crippen LogP contribution in [0.4, 0.5) is 0 Å². The minimum Gasteiger partial charge on any atom is -0.493 e. The molecule has 0 saturated carbocycles. The van der Waals surface area contributed by atoms with Gasteiger partial charge in [0.2, 0.25) is 0 Å². The van der Waals surface area contributed by atoms with Crippen molar-refractivity contribution in [3.63, 3.8) is 0 Å². The summed E-state index contributed by atoms with van der Waals surface area (Å²) >= 11 is 0. The molecule has 0 unspecified atom stereocenters. The maximum atomic E-state index is 12.3. The number of nitrogens with one attached hydrogen (secondary N) is 1. The molecular formula is C14H19N3O2. The number of nitrogens with zero attached hydrogens (tertiary/aromatic N) is 2. The highest BCUT2D eigenvalue weighted by Crippen LogP contribution is 2.22. The maximum absolute atomic E-state index is 12.3. The smallest absolute Gasteiger partial charge is 0.270 e. The number of carbonyl (C=O) groups is 1. The molecule has 2 aromatic rings. The molecule has 5 nitrogen and oxygen atoms in total. The highest BCUT2D eigenvalue weighted by Gasteiger charge is 2.20. The van der Waals surface area contributed by atoms with Crippen molar-refractivity contribution in [1.29, 1.82) is 0 Å². The van der Waals surface area contributed by atoms with E-state index in [4.69, 9.17) is 4.74 Å². The van der Waals surface area contributed by atoms with Crippen LogP contribution in [0.3, 0.4) is 0 Å². The number of fused-ring (bicyclic) bond motifs is 1. The second kappa shape index (κ2) is 5.30. The lowest BCUT2D eigenvalue weighted by Crippen LogP contribution is -2.31. The van der Waals surface area contributed by atoms with E-state index in [-0.39, 0.29) is 11.9 Å². The number of imidazole rings is 1. The number of aromatic nitrogens is 2. The number of hydrogen-bond donors (Lipinski definition) is 1. The molecule has 0 aliphatic carbocycles. The minimum atomic E-state index is -0.104. The van der Waals surface area contributed by atoms with Crippen LogP contribution in [0.2, 0.25) is 0 Å². The van der Waals surface area contributed by atoms with Gasteiger partial charge in [-0.2, -0.15) is 0 Å². The third-order valence-corrected chi connectivity index (χ3v) is 2.88. The summed E-state index contributed by atoms with van der Waals surface area (Å²) < 4.78 is 7.07. The van der Waals surface area contributed by atoms with E-state index in [1.807, 2.05) is 39.1 Å². The van der Waals surface area contributed by atoms with E-state index in [0.29, 0.717) is 23.5 Å². The van der Waals surface area contributed by atoms with Crippen molar-refractivity contribution < 1.29 is 9.53 Å². The first-order valence-electron chi connectivity index (χ1n) is 6.43. The number of ether oxygens (including phenoxy) is 1. The van der Waals surface area contributed by atoms with Crippen LogP contribution in [0.15, 0.2) is 18.3 Å². The highest BCUT2D eigenvalue weighted by atomic mass is 16.5. The fourth-order valence-electron chi connectivity index (χ4n) is 2.07. The lowest BCUT2D eigenvalue weighted by Gasteiger charge is -2.09. The molecule has 5 heteroatoms. The molecular weight excluding hydrogens is 242 g/mol. The number of aryl methyl sites for hydroxylation is 1. The molecule has 0 radical (unpaired) electrons. The summed E-state index contributed by atoms with van der Waals surface area (Å²) in [6, 6.07) is 3.78. The van der Waals surface area contributed by atoms with Crippen molar-refractivity contribution in [3.05, 3.63) is 29.7 Å². The molecule has 102 valence electrons. The molecule has 1 N–H and O–H groups in total. The Kier molecular flexibility index (Phi) is 3.74. The summed E-state index contributed by atoms with van der Waals surface area (Å²) in [5.74, 6) is 0.563. The SMILES string of the molecule is CCc1nc2c(OC)cccn2c1C(=O)NC(C)C. The number of methoxy groups -OCH3 is 1. The summed E-state index contributed by atoms with van der Waals surface area (Å²) in [6.45, 7) is 5.86. The van der Waals surface area contributed by atoms with Crippen molar-refractivity contribution in [3.8, 4) is 5.75 Å². The topological polar surface area (TPSA) is 55.6 Å². The lowest BCUT2D eigenvalue weighted by atomic mass is 10.2. The molecule has 0 aliphatic heterocycles. The first-order chi connectivity index (χ1) is 9.08. The number of carbonyl (C=O) groups excluding carboxylic acids is 1. The largest absolute Gasteiger partial charge is 0.493 e. The van der Waals surface area contributed by atoms with Crippen molar-refractivity contribution in [2.24, 2.45) is 0 Å². The summed E-state index contributed by atoms with van der Waals surface area (Å²) in [5.41, 5.74) is 2.04. The molecule has 2 aromatic heterocycles. The van der Waals surface area contributed by atoms with Crippen molar-refractivity contribution in [2.75, 3.05) is 7.11 Å². The average molecular weight is 261 g/mol. The van der Waals surface area contributed by atoms with E-state index < -0.39 is 0 Å². The number of amides is 1. The normalized spacial score (nSPS) is 11.0. The average Bonchev–Trinajstić information content (AvgIpc) is 2.75. The molecule has 0 fully saturated rings. The Morgan fingerprint density at radius 2 is 2.26 bits per heavy atom. The number of hydrogen-bond acceptors (Lipinski definition) is 3. The predicted octanol–water partition coefficient (Wildman–Crippen LogP) is 2.04. The zero-order valence-electron chi connectivity index (χ0n) is 11.7. The lowest BCUT2D eigenvalue weighted by molar-refractivity contribution is 0.0936. The van der Waals surface area contributed by atoms with Gasteiger partial charge in [0.1, 0.15) is 5.69 Å². The van der Waals surface area contributed by atoms with E-state index in [1.54, 1.807) is 11.5 Å². The first-order valence-corrected chi connectivity index (χ1v) is 6.43. The molecule has 1 amide bonds. The fourth-order valence-corrected chi connectivity index (χ4v) is 2.07. The minimum absolute atomic E-state index is 0.0911. The zero-order chi connectivity index (χ0) is 14.0. The van der Waals surface area contributed by atoms with Crippen LogP contribution >= 0.6 is 0 Å². The monoisotopic (exact) mass is 261 g/mol. The highest BCUT2D eigenvalue weighted by molar-refractivity contribution is 5.95. The molecule has 0 aromatic carbocycles. The van der Waals surface area contributed by atoms with Crippen LogP contribution in [0.1, 0.15) is 37.0 Å². The molecule has 0 saturated heterocycles. The molecule has 0 spiro atoms. The van der Waals surface area contributed by atoms with Gasteiger partial charge in [-0.3, -0.25) is 9.20 Å². The fraction of sp³-hybridized carbons (Fsp3) is 0.429. The van der Waals surface area contributed by atoms with Gasteiger partial charge in [0.25, 0.3) is 5.91 Å². The summed E-state index contributed by atoms with van der Waals surface area (Å²) in [7, 11) is 1.60. The van der Waals surface area contributed by atoms with E-state index in [1.165, 1.54) is 0 Å². The molecule has 0 atom stereocenters. The van der Waals surface area contributed by atoms with Gasteiger partial charge in [0.05, 0.1) is 12.8 Å². The third kappa shape index (κ3) is 2.41. The van der Waals surface area contributed by atoms with Crippen molar-refractivity contribution >= 4 is 11.6 Å². The van der Waals surface area contributed by atoms with Crippen LogP contribution < -0.4 is 10.1 Å². The molecule has 2 rings (SSSR count). The van der Waals surface area contributed by atoms with E-state index >= 15 is 0 Å². The van der Waals surface area contributed by atoms with Crippen LogP contribution in [-0.4, -0.2) is 28.4 Å². The van der Waals surface area contributed by atoms with Crippen LogP contribution in [0.5, 0.6) is 5.75 Å². The van der Waals surface area contributed by atoms with Gasteiger partial charge in [-0.05, 0) is 32.4 Å². The van der Waals surface area contributed by atoms with Gasteiger partial charge >= 0.3 is 0 Å². The van der Waals surface area contributed by atoms with Crippen molar-refractivity contribution in [1.82, 2.24) is 14.7 Å². The molecule has 2 heterocycles. The van der Waals surface area contributed by atoms with Crippen LogP contribution in [0.25, 0.3) is 5.65 Å².